The monoisotopic (exact) mass is 251 g/mol. The number of ketones is 1. The summed E-state index contributed by atoms with van der Waals surface area (Å²) in [6.07, 6.45) is 0. The Morgan fingerprint density at radius 3 is 2.33 bits per heavy atom. The van der Waals surface area contributed by atoms with Gasteiger partial charge in [0.1, 0.15) is 18.1 Å². The van der Waals surface area contributed by atoms with Crippen molar-refractivity contribution in [1.82, 2.24) is 0 Å². The van der Waals surface area contributed by atoms with E-state index in [-0.39, 0.29) is 23.9 Å². The zero-order chi connectivity index (χ0) is 13.7. The van der Waals surface area contributed by atoms with Crippen LogP contribution in [0.1, 0.15) is 24.2 Å². The lowest BCUT2D eigenvalue weighted by Crippen LogP contribution is -2.17. The van der Waals surface area contributed by atoms with E-state index in [1.807, 2.05) is 0 Å². The Balaban J connectivity index is 2.85. The number of nitrogens with two attached hydrogens (primary N) is 1. The van der Waals surface area contributed by atoms with Gasteiger partial charge in [-0.25, -0.2) is 0 Å². The predicted molar refractivity (Wildman–Crippen MR) is 66.9 cm³/mol. The largest absolute Gasteiger partial charge is 0.497 e. The van der Waals surface area contributed by atoms with E-state index in [1.54, 1.807) is 19.9 Å². The van der Waals surface area contributed by atoms with Gasteiger partial charge in [-0.3, -0.25) is 9.59 Å². The SMILES string of the molecule is COc1cc(OCC(=O)C(C)C)cc(C(N)=O)c1. The van der Waals surface area contributed by atoms with Crippen LogP contribution in [-0.4, -0.2) is 25.4 Å². The molecule has 1 aromatic rings. The van der Waals surface area contributed by atoms with Gasteiger partial charge in [-0.2, -0.15) is 0 Å². The average molecular weight is 251 g/mol. The van der Waals surface area contributed by atoms with Gasteiger partial charge in [-0.15, -0.1) is 0 Å². The summed E-state index contributed by atoms with van der Waals surface area (Å²) in [5.74, 6) is 0.161. The van der Waals surface area contributed by atoms with Gasteiger partial charge >= 0.3 is 0 Å². The summed E-state index contributed by atoms with van der Waals surface area (Å²) >= 11 is 0. The van der Waals surface area contributed by atoms with Crippen LogP contribution in [0.15, 0.2) is 18.2 Å². The van der Waals surface area contributed by atoms with Gasteiger partial charge in [-0.05, 0) is 12.1 Å². The third kappa shape index (κ3) is 3.76. The Kier molecular flexibility index (Phi) is 4.71. The molecule has 0 spiro atoms. The van der Waals surface area contributed by atoms with Crippen molar-refractivity contribution in [2.75, 3.05) is 13.7 Å². The van der Waals surface area contributed by atoms with Gasteiger partial charge in [0.25, 0.3) is 0 Å². The third-order valence-electron chi connectivity index (χ3n) is 2.43. The zero-order valence-corrected chi connectivity index (χ0v) is 10.7. The van der Waals surface area contributed by atoms with Gasteiger partial charge in [0.15, 0.2) is 5.78 Å². The van der Waals surface area contributed by atoms with Crippen molar-refractivity contribution in [2.45, 2.75) is 13.8 Å². The molecule has 1 rings (SSSR count). The summed E-state index contributed by atoms with van der Waals surface area (Å²) in [6.45, 7) is 3.56. The predicted octanol–water partition coefficient (Wildman–Crippen LogP) is 1.40. The van der Waals surface area contributed by atoms with E-state index in [4.69, 9.17) is 15.2 Å². The van der Waals surface area contributed by atoms with Gasteiger partial charge in [0, 0.05) is 17.5 Å². The van der Waals surface area contributed by atoms with Crippen molar-refractivity contribution in [3.8, 4) is 11.5 Å². The van der Waals surface area contributed by atoms with Gasteiger partial charge in [-0.1, -0.05) is 13.8 Å². The lowest BCUT2D eigenvalue weighted by atomic mass is 10.1. The molecule has 0 fully saturated rings. The molecule has 0 bridgehead atoms. The second-order valence-corrected chi connectivity index (χ2v) is 4.17. The highest BCUT2D eigenvalue weighted by atomic mass is 16.5. The molecule has 0 aliphatic heterocycles. The molecule has 0 aliphatic rings. The first kappa shape index (κ1) is 14.0. The van der Waals surface area contributed by atoms with Crippen LogP contribution in [0.3, 0.4) is 0 Å². The van der Waals surface area contributed by atoms with Crippen molar-refractivity contribution in [3.63, 3.8) is 0 Å². The quantitative estimate of drug-likeness (QED) is 0.828. The minimum atomic E-state index is -0.575. The number of ether oxygens (including phenoxy) is 2. The highest BCUT2D eigenvalue weighted by molar-refractivity contribution is 5.93. The van der Waals surface area contributed by atoms with E-state index < -0.39 is 5.91 Å². The first-order valence-corrected chi connectivity index (χ1v) is 5.58. The molecule has 0 unspecified atom stereocenters. The highest BCUT2D eigenvalue weighted by Gasteiger charge is 2.10. The molecule has 0 atom stereocenters. The topological polar surface area (TPSA) is 78.6 Å². The number of hydrogen-bond acceptors (Lipinski definition) is 4. The van der Waals surface area contributed by atoms with Crippen LogP contribution in [0.25, 0.3) is 0 Å². The fourth-order valence-corrected chi connectivity index (χ4v) is 1.24. The summed E-state index contributed by atoms with van der Waals surface area (Å²) in [7, 11) is 1.48. The van der Waals surface area contributed by atoms with Crippen molar-refractivity contribution in [1.29, 1.82) is 0 Å². The van der Waals surface area contributed by atoms with Gasteiger partial charge in [0.2, 0.25) is 5.91 Å². The maximum Gasteiger partial charge on any atom is 0.248 e. The van der Waals surface area contributed by atoms with Crippen LogP contribution in [0.4, 0.5) is 0 Å². The summed E-state index contributed by atoms with van der Waals surface area (Å²) in [6, 6.07) is 4.60. The summed E-state index contributed by atoms with van der Waals surface area (Å²) < 4.78 is 10.4. The molecule has 18 heavy (non-hydrogen) atoms. The van der Waals surface area contributed by atoms with Crippen molar-refractivity contribution >= 4 is 11.7 Å². The molecule has 5 nitrogen and oxygen atoms in total. The first-order valence-electron chi connectivity index (χ1n) is 5.58. The summed E-state index contributed by atoms with van der Waals surface area (Å²) in [4.78, 5) is 22.6. The number of amides is 1. The van der Waals surface area contributed by atoms with Gasteiger partial charge in [0.05, 0.1) is 7.11 Å². The smallest absolute Gasteiger partial charge is 0.248 e. The molecule has 1 aromatic carbocycles. The Labute approximate surface area is 106 Å². The molecule has 0 saturated carbocycles. The van der Waals surface area contributed by atoms with Gasteiger partial charge < -0.3 is 15.2 Å². The van der Waals surface area contributed by atoms with Crippen molar-refractivity contribution in [3.05, 3.63) is 23.8 Å². The molecule has 2 N–H and O–H groups in total. The van der Waals surface area contributed by atoms with Crippen LogP contribution < -0.4 is 15.2 Å². The van der Waals surface area contributed by atoms with Crippen LogP contribution in [0, 0.1) is 5.92 Å². The fourth-order valence-electron chi connectivity index (χ4n) is 1.24. The molecule has 5 heteroatoms. The Morgan fingerprint density at radius 2 is 1.83 bits per heavy atom. The lowest BCUT2D eigenvalue weighted by Gasteiger charge is -2.10. The summed E-state index contributed by atoms with van der Waals surface area (Å²) in [5.41, 5.74) is 5.47. The Hall–Kier alpha value is -2.04. The number of benzene rings is 1. The lowest BCUT2D eigenvalue weighted by molar-refractivity contribution is -0.123. The third-order valence-corrected chi connectivity index (χ3v) is 2.43. The van der Waals surface area contributed by atoms with E-state index in [0.717, 1.165) is 0 Å². The number of hydrogen-bond donors (Lipinski definition) is 1. The standard InChI is InChI=1S/C13H17NO4/c1-8(2)12(15)7-18-11-5-9(13(14)16)4-10(6-11)17-3/h4-6,8H,7H2,1-3H3,(H2,14,16). The molecule has 98 valence electrons. The fraction of sp³-hybridized carbons (Fsp3) is 0.385. The first-order chi connectivity index (χ1) is 8.43. The van der Waals surface area contributed by atoms with Crippen LogP contribution in [-0.2, 0) is 4.79 Å². The number of Topliss-reactive ketones (excluding diaryl/α,β-unsaturated/α-hetero) is 1. The molecule has 1 amide bonds. The molecule has 0 aromatic heterocycles. The Morgan fingerprint density at radius 1 is 1.22 bits per heavy atom. The Bertz CT molecular complexity index is 454. The second-order valence-electron chi connectivity index (χ2n) is 4.17. The maximum absolute atomic E-state index is 11.4. The molecule has 0 heterocycles. The molecule has 0 radical (unpaired) electrons. The average Bonchev–Trinajstić information content (AvgIpc) is 2.35. The maximum atomic E-state index is 11.4. The molecular formula is C13H17NO4. The second kappa shape index (κ2) is 6.05. The van der Waals surface area contributed by atoms with E-state index in [2.05, 4.69) is 0 Å². The summed E-state index contributed by atoms with van der Waals surface area (Å²) in [5, 5.41) is 0. The van der Waals surface area contributed by atoms with Crippen LogP contribution in [0.2, 0.25) is 0 Å². The number of carbonyl (C=O) groups excluding carboxylic acids is 2. The van der Waals surface area contributed by atoms with E-state index in [9.17, 15) is 9.59 Å². The van der Waals surface area contributed by atoms with Crippen molar-refractivity contribution < 1.29 is 19.1 Å². The van der Waals surface area contributed by atoms with E-state index >= 15 is 0 Å². The number of rotatable bonds is 6. The molecule has 0 saturated heterocycles. The zero-order valence-electron chi connectivity index (χ0n) is 10.7. The van der Waals surface area contributed by atoms with Crippen molar-refractivity contribution in [2.24, 2.45) is 11.7 Å². The molecular weight excluding hydrogens is 234 g/mol. The minimum absolute atomic E-state index is 0.0153. The van der Waals surface area contributed by atoms with E-state index in [0.29, 0.717) is 11.5 Å². The normalized spacial score (nSPS) is 10.2. The van der Waals surface area contributed by atoms with Crippen LogP contribution >= 0.6 is 0 Å². The highest BCUT2D eigenvalue weighted by Crippen LogP contribution is 2.22. The number of methoxy groups -OCH3 is 1. The van der Waals surface area contributed by atoms with Crippen LogP contribution in [0.5, 0.6) is 11.5 Å². The minimum Gasteiger partial charge on any atom is -0.497 e. The number of carbonyl (C=O) groups is 2. The number of primary amides is 1. The van der Waals surface area contributed by atoms with E-state index in [1.165, 1.54) is 19.2 Å². The molecule has 0 aliphatic carbocycles.